The summed E-state index contributed by atoms with van der Waals surface area (Å²) in [6.45, 7) is 0. The van der Waals surface area contributed by atoms with Crippen LogP contribution in [-0.2, 0) is 6.42 Å². The second-order valence-corrected chi connectivity index (χ2v) is 4.99. The Morgan fingerprint density at radius 3 is 2.83 bits per heavy atom. The summed E-state index contributed by atoms with van der Waals surface area (Å²) < 4.78 is 16.4. The van der Waals surface area contributed by atoms with Crippen molar-refractivity contribution in [2.75, 3.05) is 5.84 Å². The van der Waals surface area contributed by atoms with E-state index in [1.807, 2.05) is 6.07 Å². The van der Waals surface area contributed by atoms with Gasteiger partial charge in [-0.25, -0.2) is 19.3 Å². The van der Waals surface area contributed by atoms with Gasteiger partial charge in [0.05, 0.1) is 23.8 Å². The number of aromatic nitrogens is 6. The molecule has 23 heavy (non-hydrogen) atoms. The van der Waals surface area contributed by atoms with Crippen LogP contribution in [0.4, 0.5) is 4.39 Å². The number of nitrogens with two attached hydrogens (primary N) is 1. The first-order valence-electron chi connectivity index (χ1n) is 6.94. The van der Waals surface area contributed by atoms with Crippen LogP contribution in [0.5, 0.6) is 0 Å². The molecule has 0 aromatic carbocycles. The van der Waals surface area contributed by atoms with E-state index in [2.05, 4.69) is 20.1 Å². The Bertz CT molecular complexity index is 988. The van der Waals surface area contributed by atoms with Gasteiger partial charge in [-0.2, -0.15) is 9.49 Å². The van der Waals surface area contributed by atoms with Crippen LogP contribution < -0.4 is 5.84 Å². The van der Waals surface area contributed by atoms with Crippen molar-refractivity contribution in [1.29, 1.82) is 0 Å². The fourth-order valence-electron chi connectivity index (χ4n) is 2.46. The molecule has 2 N–H and O–H groups in total. The number of fused-ring (bicyclic) bond motifs is 1. The molecule has 0 radical (unpaired) electrons. The minimum atomic E-state index is -0.555. The number of rotatable bonds is 3. The summed E-state index contributed by atoms with van der Waals surface area (Å²) in [5.41, 5.74) is 2.32. The molecule has 7 nitrogen and oxygen atoms in total. The predicted molar refractivity (Wildman–Crippen MR) is 81.8 cm³/mol. The molecule has 0 saturated heterocycles. The highest BCUT2D eigenvalue weighted by atomic mass is 19.1. The van der Waals surface area contributed by atoms with Gasteiger partial charge in [0.2, 0.25) is 5.95 Å². The highest BCUT2D eigenvalue weighted by Gasteiger charge is 2.13. The summed E-state index contributed by atoms with van der Waals surface area (Å²) in [5.74, 6) is 6.59. The quantitative estimate of drug-likeness (QED) is 0.457. The number of nitrogens with zero attached hydrogens (tertiary/aromatic N) is 6. The zero-order chi connectivity index (χ0) is 15.8. The molecule has 4 aromatic rings. The van der Waals surface area contributed by atoms with Crippen LogP contribution >= 0.6 is 0 Å². The van der Waals surface area contributed by atoms with Crippen molar-refractivity contribution in [2.45, 2.75) is 6.42 Å². The van der Waals surface area contributed by atoms with Crippen molar-refractivity contribution in [3.05, 3.63) is 66.4 Å². The van der Waals surface area contributed by atoms with E-state index in [0.29, 0.717) is 18.1 Å². The van der Waals surface area contributed by atoms with E-state index in [1.54, 1.807) is 41.5 Å². The van der Waals surface area contributed by atoms with Crippen LogP contribution in [-0.4, -0.2) is 29.4 Å². The smallest absolute Gasteiger partial charge is 0.214 e. The Balaban J connectivity index is 1.75. The molecule has 8 heteroatoms. The zero-order valence-corrected chi connectivity index (χ0v) is 12.0. The number of hydrogen-bond donors (Lipinski definition) is 1. The predicted octanol–water partition coefficient (Wildman–Crippen LogP) is 1.46. The summed E-state index contributed by atoms with van der Waals surface area (Å²) in [5, 5.41) is 4.20. The Hall–Kier alpha value is -3.29. The van der Waals surface area contributed by atoms with Gasteiger partial charge in [0, 0.05) is 12.4 Å². The average molecular weight is 309 g/mol. The van der Waals surface area contributed by atoms with E-state index in [-0.39, 0.29) is 0 Å². The SMILES string of the molecule is Nn1c(Cc2ccnn2-c2cccc(F)n2)nc2ccncc21. The second-order valence-electron chi connectivity index (χ2n) is 4.99. The van der Waals surface area contributed by atoms with Gasteiger partial charge in [-0.3, -0.25) is 4.98 Å². The Labute approximate surface area is 130 Å². The van der Waals surface area contributed by atoms with Gasteiger partial charge >= 0.3 is 0 Å². The molecule has 0 fully saturated rings. The van der Waals surface area contributed by atoms with Crippen molar-refractivity contribution in [3.8, 4) is 5.82 Å². The molecule has 4 rings (SSSR count). The van der Waals surface area contributed by atoms with Crippen molar-refractivity contribution in [3.63, 3.8) is 0 Å². The lowest BCUT2D eigenvalue weighted by molar-refractivity contribution is 0.576. The van der Waals surface area contributed by atoms with Crippen LogP contribution in [0.1, 0.15) is 11.5 Å². The van der Waals surface area contributed by atoms with Crippen LogP contribution in [0.15, 0.2) is 48.9 Å². The van der Waals surface area contributed by atoms with Gasteiger partial charge in [0.25, 0.3) is 0 Å². The van der Waals surface area contributed by atoms with Crippen molar-refractivity contribution in [1.82, 2.24) is 29.4 Å². The van der Waals surface area contributed by atoms with Gasteiger partial charge in [-0.05, 0) is 24.3 Å². The molecule has 0 aliphatic carbocycles. The third kappa shape index (κ3) is 2.30. The van der Waals surface area contributed by atoms with Gasteiger partial charge in [0.15, 0.2) is 5.82 Å². The molecule has 0 saturated carbocycles. The van der Waals surface area contributed by atoms with Gasteiger partial charge in [0.1, 0.15) is 11.3 Å². The summed E-state index contributed by atoms with van der Waals surface area (Å²) >= 11 is 0. The molecule has 0 spiro atoms. The maximum Gasteiger partial charge on any atom is 0.214 e. The highest BCUT2D eigenvalue weighted by molar-refractivity contribution is 5.74. The lowest BCUT2D eigenvalue weighted by Gasteiger charge is -2.06. The van der Waals surface area contributed by atoms with E-state index in [9.17, 15) is 4.39 Å². The Kier molecular flexibility index (Phi) is 3.00. The number of pyridine rings is 2. The molecule has 0 atom stereocenters. The molecule has 0 bridgehead atoms. The fourth-order valence-corrected chi connectivity index (χ4v) is 2.46. The molecule has 114 valence electrons. The third-order valence-electron chi connectivity index (χ3n) is 3.54. The summed E-state index contributed by atoms with van der Waals surface area (Å²) in [7, 11) is 0. The topological polar surface area (TPSA) is 87.4 Å². The molecule has 0 aliphatic rings. The van der Waals surface area contributed by atoms with Crippen LogP contribution in [0.25, 0.3) is 16.9 Å². The number of nitrogen functional groups attached to an aromatic ring is 1. The molecule has 4 heterocycles. The fraction of sp³-hybridized carbons (Fsp3) is 0.0667. The van der Waals surface area contributed by atoms with Gasteiger partial charge < -0.3 is 5.84 Å². The van der Waals surface area contributed by atoms with E-state index in [0.717, 1.165) is 16.7 Å². The molecule has 0 unspecified atom stereocenters. The first-order chi connectivity index (χ1) is 11.2. The van der Waals surface area contributed by atoms with Crippen molar-refractivity contribution in [2.24, 2.45) is 0 Å². The maximum absolute atomic E-state index is 13.3. The second kappa shape index (κ2) is 5.16. The van der Waals surface area contributed by atoms with Crippen LogP contribution in [0, 0.1) is 5.95 Å². The van der Waals surface area contributed by atoms with Gasteiger partial charge in [-0.1, -0.05) is 6.07 Å². The van der Waals surface area contributed by atoms with E-state index < -0.39 is 5.95 Å². The molecule has 0 amide bonds. The standard InChI is InChI=1S/C15H12FN7/c16-13-2-1-3-14(21-13)23-10(4-7-19-23)8-15-20-11-5-6-18-9-12(11)22(15)17/h1-7,9H,8,17H2. The largest absolute Gasteiger partial charge is 0.337 e. The maximum atomic E-state index is 13.3. The Morgan fingerprint density at radius 1 is 1.09 bits per heavy atom. The summed E-state index contributed by atoms with van der Waals surface area (Å²) in [6, 6.07) is 8.19. The van der Waals surface area contributed by atoms with Crippen molar-refractivity contribution >= 4 is 11.0 Å². The number of hydrogen-bond acceptors (Lipinski definition) is 5. The van der Waals surface area contributed by atoms with E-state index in [1.165, 1.54) is 10.7 Å². The zero-order valence-electron chi connectivity index (χ0n) is 12.0. The highest BCUT2D eigenvalue weighted by Crippen LogP contribution is 2.16. The Morgan fingerprint density at radius 2 is 2.00 bits per heavy atom. The van der Waals surface area contributed by atoms with Crippen LogP contribution in [0.3, 0.4) is 0 Å². The monoisotopic (exact) mass is 309 g/mol. The summed E-state index contributed by atoms with van der Waals surface area (Å²) in [6.07, 6.45) is 5.40. The molecule has 0 aliphatic heterocycles. The van der Waals surface area contributed by atoms with E-state index in [4.69, 9.17) is 5.84 Å². The first kappa shape index (κ1) is 13.4. The van der Waals surface area contributed by atoms with E-state index >= 15 is 0 Å². The number of imidazole rings is 1. The first-order valence-corrected chi connectivity index (χ1v) is 6.94. The molecular formula is C15H12FN7. The minimum absolute atomic E-state index is 0.409. The average Bonchev–Trinajstić information content (AvgIpc) is 3.14. The minimum Gasteiger partial charge on any atom is -0.337 e. The van der Waals surface area contributed by atoms with Gasteiger partial charge in [-0.15, -0.1) is 0 Å². The summed E-state index contributed by atoms with van der Waals surface area (Å²) in [4.78, 5) is 12.4. The lowest BCUT2D eigenvalue weighted by Crippen LogP contribution is -2.14. The molecular weight excluding hydrogens is 297 g/mol. The van der Waals surface area contributed by atoms with Crippen LogP contribution in [0.2, 0.25) is 0 Å². The third-order valence-corrected chi connectivity index (χ3v) is 3.54. The number of halogens is 1. The molecule has 4 aromatic heterocycles. The lowest BCUT2D eigenvalue weighted by atomic mass is 10.3. The van der Waals surface area contributed by atoms with Crippen molar-refractivity contribution < 1.29 is 4.39 Å². The normalized spacial score (nSPS) is 11.2.